The van der Waals surface area contributed by atoms with E-state index in [-0.39, 0.29) is 10.6 Å². The highest BCUT2D eigenvalue weighted by Crippen LogP contribution is 2.27. The average Bonchev–Trinajstić information content (AvgIpc) is 2.79. The van der Waals surface area contributed by atoms with Gasteiger partial charge in [-0.05, 0) is 38.0 Å². The molecule has 3 N–H and O–H groups in total. The second-order valence-corrected chi connectivity index (χ2v) is 6.39. The molecule has 1 aliphatic rings. The SMILES string of the molecule is CC1(C(=O)Nc2cc(S(N)(=O)=O)ccc2F)CCCO1. The second-order valence-electron chi connectivity index (χ2n) is 4.82. The molecule has 1 heterocycles. The van der Waals surface area contributed by atoms with Crippen molar-refractivity contribution in [3.05, 3.63) is 24.0 Å². The molecule has 20 heavy (non-hydrogen) atoms. The second kappa shape index (κ2) is 5.12. The van der Waals surface area contributed by atoms with Crippen LogP contribution in [0.3, 0.4) is 0 Å². The summed E-state index contributed by atoms with van der Waals surface area (Å²) in [5, 5.41) is 7.31. The fourth-order valence-electron chi connectivity index (χ4n) is 1.99. The van der Waals surface area contributed by atoms with Crippen molar-refractivity contribution in [1.82, 2.24) is 0 Å². The molecule has 0 spiro atoms. The number of sulfonamides is 1. The van der Waals surface area contributed by atoms with Gasteiger partial charge in [0.2, 0.25) is 10.0 Å². The number of rotatable bonds is 3. The maximum atomic E-state index is 13.6. The van der Waals surface area contributed by atoms with Crippen LogP contribution in [0.5, 0.6) is 0 Å². The monoisotopic (exact) mass is 302 g/mol. The number of primary sulfonamides is 1. The molecule has 1 aromatic rings. The van der Waals surface area contributed by atoms with Gasteiger partial charge in [-0.2, -0.15) is 0 Å². The van der Waals surface area contributed by atoms with Gasteiger partial charge in [-0.15, -0.1) is 0 Å². The Morgan fingerprint density at radius 1 is 1.50 bits per heavy atom. The highest BCUT2D eigenvalue weighted by Gasteiger charge is 2.38. The van der Waals surface area contributed by atoms with E-state index in [0.717, 1.165) is 24.6 Å². The van der Waals surface area contributed by atoms with Crippen LogP contribution >= 0.6 is 0 Å². The first kappa shape index (κ1) is 14.9. The zero-order valence-electron chi connectivity index (χ0n) is 10.8. The number of ether oxygens (including phenoxy) is 1. The molecule has 1 fully saturated rings. The largest absolute Gasteiger partial charge is 0.365 e. The summed E-state index contributed by atoms with van der Waals surface area (Å²) in [6, 6.07) is 2.96. The quantitative estimate of drug-likeness (QED) is 0.869. The van der Waals surface area contributed by atoms with Crippen LogP contribution in [0.4, 0.5) is 10.1 Å². The lowest BCUT2D eigenvalue weighted by Gasteiger charge is -2.22. The molecule has 0 saturated carbocycles. The number of carbonyl (C=O) groups excluding carboxylic acids is 1. The number of carbonyl (C=O) groups is 1. The van der Waals surface area contributed by atoms with Crippen LogP contribution in [0.25, 0.3) is 0 Å². The Morgan fingerprint density at radius 2 is 2.20 bits per heavy atom. The Labute approximate surface area is 116 Å². The molecule has 1 aliphatic heterocycles. The lowest BCUT2D eigenvalue weighted by Crippen LogP contribution is -2.39. The molecule has 1 atom stereocenters. The summed E-state index contributed by atoms with van der Waals surface area (Å²) in [5.41, 5.74) is -1.26. The van der Waals surface area contributed by atoms with Crippen LogP contribution in [-0.4, -0.2) is 26.5 Å². The number of amides is 1. The molecule has 0 bridgehead atoms. The van der Waals surface area contributed by atoms with Gasteiger partial charge in [0.1, 0.15) is 11.4 Å². The molecule has 110 valence electrons. The fraction of sp³-hybridized carbons (Fsp3) is 0.417. The van der Waals surface area contributed by atoms with Crippen molar-refractivity contribution >= 4 is 21.6 Å². The predicted octanol–water partition coefficient (Wildman–Crippen LogP) is 0.981. The molecular formula is C12H15FN2O4S. The standard InChI is InChI=1S/C12H15FN2O4S/c1-12(5-2-6-19-12)11(16)15-10-7-8(20(14,17)18)3-4-9(10)13/h3-4,7H,2,5-6H2,1H3,(H,15,16)(H2,14,17,18). The third-order valence-corrected chi connectivity index (χ3v) is 4.12. The number of nitrogens with two attached hydrogens (primary N) is 1. The van der Waals surface area contributed by atoms with Gasteiger partial charge in [-0.1, -0.05) is 0 Å². The van der Waals surface area contributed by atoms with Crippen molar-refractivity contribution in [3.8, 4) is 0 Å². The van der Waals surface area contributed by atoms with E-state index in [1.807, 2.05) is 0 Å². The molecule has 2 rings (SSSR count). The lowest BCUT2D eigenvalue weighted by molar-refractivity contribution is -0.133. The minimum absolute atomic E-state index is 0.238. The first-order valence-corrected chi connectivity index (χ1v) is 7.55. The zero-order valence-corrected chi connectivity index (χ0v) is 11.7. The maximum Gasteiger partial charge on any atom is 0.256 e. The van der Waals surface area contributed by atoms with E-state index < -0.39 is 27.3 Å². The summed E-state index contributed by atoms with van der Waals surface area (Å²) in [5.74, 6) is -1.26. The Hall–Kier alpha value is -1.51. The van der Waals surface area contributed by atoms with Crippen LogP contribution in [0.15, 0.2) is 23.1 Å². The summed E-state index contributed by atoms with van der Waals surface area (Å²) < 4.78 is 41.4. The van der Waals surface area contributed by atoms with Gasteiger partial charge in [0.05, 0.1) is 10.6 Å². The molecule has 6 nitrogen and oxygen atoms in total. The topological polar surface area (TPSA) is 98.5 Å². The molecule has 0 aliphatic carbocycles. The van der Waals surface area contributed by atoms with Gasteiger partial charge >= 0.3 is 0 Å². The summed E-state index contributed by atoms with van der Waals surface area (Å²) >= 11 is 0. The van der Waals surface area contributed by atoms with Crippen molar-refractivity contribution in [3.63, 3.8) is 0 Å². The smallest absolute Gasteiger partial charge is 0.256 e. The Balaban J connectivity index is 2.27. The molecule has 1 unspecified atom stereocenters. The van der Waals surface area contributed by atoms with E-state index in [1.165, 1.54) is 0 Å². The first-order chi connectivity index (χ1) is 9.22. The van der Waals surface area contributed by atoms with Crippen molar-refractivity contribution in [2.24, 2.45) is 5.14 Å². The van der Waals surface area contributed by atoms with Crippen molar-refractivity contribution in [2.75, 3.05) is 11.9 Å². The number of halogens is 1. The summed E-state index contributed by atoms with van der Waals surface area (Å²) in [4.78, 5) is 11.8. The highest BCUT2D eigenvalue weighted by atomic mass is 32.2. The fourth-order valence-corrected chi connectivity index (χ4v) is 2.53. The molecule has 0 aromatic heterocycles. The number of benzene rings is 1. The molecular weight excluding hydrogens is 287 g/mol. The van der Waals surface area contributed by atoms with E-state index in [4.69, 9.17) is 9.88 Å². The van der Waals surface area contributed by atoms with Gasteiger partial charge < -0.3 is 10.1 Å². The Bertz CT molecular complexity index is 639. The van der Waals surface area contributed by atoms with Crippen LogP contribution in [0.1, 0.15) is 19.8 Å². The van der Waals surface area contributed by atoms with Crippen molar-refractivity contribution in [1.29, 1.82) is 0 Å². The molecule has 1 amide bonds. The molecule has 0 radical (unpaired) electrons. The van der Waals surface area contributed by atoms with Gasteiger partial charge in [0, 0.05) is 6.61 Å². The third-order valence-electron chi connectivity index (χ3n) is 3.21. The first-order valence-electron chi connectivity index (χ1n) is 6.00. The summed E-state index contributed by atoms with van der Waals surface area (Å²) in [6.07, 6.45) is 1.26. The normalized spacial score (nSPS) is 22.8. The number of nitrogens with one attached hydrogen (secondary N) is 1. The van der Waals surface area contributed by atoms with Crippen LogP contribution in [0, 0.1) is 5.82 Å². The van der Waals surface area contributed by atoms with E-state index in [2.05, 4.69) is 5.32 Å². The third kappa shape index (κ3) is 2.97. The lowest BCUT2D eigenvalue weighted by atomic mass is 10.0. The number of hydrogen-bond acceptors (Lipinski definition) is 4. The predicted molar refractivity (Wildman–Crippen MR) is 70.0 cm³/mol. The summed E-state index contributed by atoms with van der Waals surface area (Å²) in [7, 11) is -3.96. The van der Waals surface area contributed by atoms with Gasteiger partial charge in [-0.3, -0.25) is 4.79 Å². The molecule has 8 heteroatoms. The van der Waals surface area contributed by atoms with Crippen molar-refractivity contribution in [2.45, 2.75) is 30.3 Å². The maximum absolute atomic E-state index is 13.6. The Morgan fingerprint density at radius 3 is 2.75 bits per heavy atom. The van der Waals surface area contributed by atoms with E-state index >= 15 is 0 Å². The minimum Gasteiger partial charge on any atom is -0.365 e. The van der Waals surface area contributed by atoms with Gasteiger partial charge in [-0.25, -0.2) is 17.9 Å². The molecule has 1 saturated heterocycles. The zero-order chi connectivity index (χ0) is 15.0. The van der Waals surface area contributed by atoms with Crippen LogP contribution in [0.2, 0.25) is 0 Å². The number of anilines is 1. The average molecular weight is 302 g/mol. The van der Waals surface area contributed by atoms with Gasteiger partial charge in [0.25, 0.3) is 5.91 Å². The van der Waals surface area contributed by atoms with Gasteiger partial charge in [0.15, 0.2) is 0 Å². The Kier molecular flexibility index (Phi) is 3.81. The van der Waals surface area contributed by atoms with E-state index in [1.54, 1.807) is 6.92 Å². The summed E-state index contributed by atoms with van der Waals surface area (Å²) in [6.45, 7) is 2.07. The number of hydrogen-bond donors (Lipinski definition) is 2. The highest BCUT2D eigenvalue weighted by molar-refractivity contribution is 7.89. The van der Waals surface area contributed by atoms with Crippen LogP contribution < -0.4 is 10.5 Å². The van der Waals surface area contributed by atoms with Crippen molar-refractivity contribution < 1.29 is 22.3 Å². The minimum atomic E-state index is -3.96. The van der Waals surface area contributed by atoms with Crippen LogP contribution in [-0.2, 0) is 19.6 Å². The van der Waals surface area contributed by atoms with E-state index in [0.29, 0.717) is 13.0 Å². The van der Waals surface area contributed by atoms with E-state index in [9.17, 15) is 17.6 Å². The molecule has 1 aromatic carbocycles.